The van der Waals surface area contributed by atoms with Crippen molar-refractivity contribution in [1.82, 2.24) is 10.5 Å². The van der Waals surface area contributed by atoms with Crippen molar-refractivity contribution >= 4 is 62.2 Å². The monoisotopic (exact) mass is 469 g/mol. The van der Waals surface area contributed by atoms with Crippen molar-refractivity contribution in [3.63, 3.8) is 0 Å². The van der Waals surface area contributed by atoms with Crippen LogP contribution >= 0.6 is 34.4 Å². The van der Waals surface area contributed by atoms with Crippen LogP contribution in [0.5, 0.6) is 0 Å². The first-order valence-electron chi connectivity index (χ1n) is 9.49. The summed E-state index contributed by atoms with van der Waals surface area (Å²) in [5, 5.41) is 7.04. The first-order valence-corrected chi connectivity index (χ1v) is 12.2. The van der Waals surface area contributed by atoms with Crippen molar-refractivity contribution in [3.05, 3.63) is 76.5 Å². The minimum Gasteiger partial charge on any atom is -0.324 e. The SMILES string of the molecule is O=C(CONC(=O)c1ccccc1)Nc1ccc2nc(SCCc3ccsc3)sc2c1. The summed E-state index contributed by atoms with van der Waals surface area (Å²) in [6, 6.07) is 16.4. The van der Waals surface area contributed by atoms with Crippen LogP contribution in [0.4, 0.5) is 5.69 Å². The van der Waals surface area contributed by atoms with Gasteiger partial charge in [0.05, 0.1) is 10.2 Å². The second-order valence-electron chi connectivity index (χ2n) is 6.53. The predicted octanol–water partition coefficient (Wildman–Crippen LogP) is 4.99. The Labute approximate surface area is 191 Å². The van der Waals surface area contributed by atoms with Gasteiger partial charge in [-0.25, -0.2) is 10.5 Å². The fourth-order valence-electron chi connectivity index (χ4n) is 2.75. The molecule has 2 aromatic heterocycles. The summed E-state index contributed by atoms with van der Waals surface area (Å²) in [4.78, 5) is 33.7. The molecule has 0 aliphatic rings. The molecule has 0 radical (unpaired) electrons. The maximum absolute atomic E-state index is 12.1. The molecule has 0 aliphatic heterocycles. The number of fused-ring (bicyclic) bond motifs is 1. The minimum atomic E-state index is -0.400. The van der Waals surface area contributed by atoms with E-state index in [4.69, 9.17) is 4.84 Å². The Balaban J connectivity index is 1.26. The molecule has 4 aromatic rings. The van der Waals surface area contributed by atoms with Crippen LogP contribution in [0.1, 0.15) is 15.9 Å². The number of hydrogen-bond donors (Lipinski definition) is 2. The van der Waals surface area contributed by atoms with Crippen LogP contribution in [-0.4, -0.2) is 29.2 Å². The molecule has 0 spiro atoms. The van der Waals surface area contributed by atoms with Crippen LogP contribution < -0.4 is 10.8 Å². The van der Waals surface area contributed by atoms with Gasteiger partial charge in [0.25, 0.3) is 11.8 Å². The highest BCUT2D eigenvalue weighted by atomic mass is 32.2. The summed E-state index contributed by atoms with van der Waals surface area (Å²) in [6.07, 6.45) is 1.02. The van der Waals surface area contributed by atoms with E-state index < -0.39 is 5.91 Å². The highest BCUT2D eigenvalue weighted by molar-refractivity contribution is 8.01. The quantitative estimate of drug-likeness (QED) is 0.267. The summed E-state index contributed by atoms with van der Waals surface area (Å²) < 4.78 is 2.02. The maximum Gasteiger partial charge on any atom is 0.274 e. The maximum atomic E-state index is 12.1. The molecule has 0 fully saturated rings. The topological polar surface area (TPSA) is 80.3 Å². The van der Waals surface area contributed by atoms with Gasteiger partial charge < -0.3 is 5.32 Å². The second kappa shape index (κ2) is 10.5. The highest BCUT2D eigenvalue weighted by Crippen LogP contribution is 2.31. The van der Waals surface area contributed by atoms with Gasteiger partial charge >= 0.3 is 0 Å². The molecule has 4 rings (SSSR count). The molecule has 0 saturated heterocycles. The molecule has 0 bridgehead atoms. The lowest BCUT2D eigenvalue weighted by molar-refractivity contribution is -0.122. The number of aromatic nitrogens is 1. The van der Waals surface area contributed by atoms with Crippen molar-refractivity contribution < 1.29 is 14.4 Å². The summed E-state index contributed by atoms with van der Waals surface area (Å²) >= 11 is 5.07. The zero-order chi connectivity index (χ0) is 21.5. The lowest BCUT2D eigenvalue weighted by atomic mass is 10.2. The van der Waals surface area contributed by atoms with Crippen LogP contribution in [0, 0.1) is 0 Å². The minimum absolute atomic E-state index is 0.289. The van der Waals surface area contributed by atoms with Crippen molar-refractivity contribution in [2.45, 2.75) is 10.8 Å². The summed E-state index contributed by atoms with van der Waals surface area (Å²) in [5.74, 6) is 0.220. The Morgan fingerprint density at radius 2 is 1.97 bits per heavy atom. The second-order valence-corrected chi connectivity index (χ2v) is 9.68. The van der Waals surface area contributed by atoms with E-state index in [0.717, 1.165) is 26.7 Å². The first-order chi connectivity index (χ1) is 15.2. The number of thiophene rings is 1. The number of carbonyl (C=O) groups is 2. The number of hydrogen-bond acceptors (Lipinski definition) is 7. The number of benzene rings is 2. The van der Waals surface area contributed by atoms with Crippen molar-refractivity contribution in [1.29, 1.82) is 0 Å². The van der Waals surface area contributed by atoms with E-state index in [1.807, 2.05) is 24.3 Å². The highest BCUT2D eigenvalue weighted by Gasteiger charge is 2.09. The fraction of sp³-hybridized carbons (Fsp3) is 0.136. The molecule has 2 amide bonds. The van der Waals surface area contributed by atoms with E-state index in [1.165, 1.54) is 5.56 Å². The van der Waals surface area contributed by atoms with Gasteiger partial charge in [-0.3, -0.25) is 14.4 Å². The lowest BCUT2D eigenvalue weighted by Crippen LogP contribution is -2.29. The molecular weight excluding hydrogens is 450 g/mol. The van der Waals surface area contributed by atoms with Crippen LogP contribution in [0.25, 0.3) is 10.2 Å². The summed E-state index contributed by atoms with van der Waals surface area (Å²) in [5.41, 5.74) is 5.65. The third-order valence-corrected chi connectivity index (χ3v) is 7.15. The van der Waals surface area contributed by atoms with E-state index in [2.05, 4.69) is 32.6 Å². The summed E-state index contributed by atoms with van der Waals surface area (Å²) in [7, 11) is 0. The number of nitrogens with one attached hydrogen (secondary N) is 2. The molecule has 2 N–H and O–H groups in total. The molecule has 2 aromatic carbocycles. The number of thioether (sulfide) groups is 1. The molecule has 6 nitrogen and oxygen atoms in total. The van der Waals surface area contributed by atoms with Crippen molar-refractivity contribution in [3.8, 4) is 0 Å². The number of aryl methyl sites for hydroxylation is 1. The zero-order valence-corrected chi connectivity index (χ0v) is 18.8. The van der Waals surface area contributed by atoms with Gasteiger partial charge in [0, 0.05) is 17.0 Å². The van der Waals surface area contributed by atoms with Crippen LogP contribution in [-0.2, 0) is 16.1 Å². The van der Waals surface area contributed by atoms with Crippen LogP contribution in [0.2, 0.25) is 0 Å². The van der Waals surface area contributed by atoms with Gasteiger partial charge in [0.1, 0.15) is 0 Å². The van der Waals surface area contributed by atoms with Crippen LogP contribution in [0.15, 0.2) is 69.7 Å². The first kappa shape index (κ1) is 21.5. The molecule has 0 aliphatic carbocycles. The van der Waals surface area contributed by atoms with E-state index >= 15 is 0 Å². The number of hydroxylamine groups is 1. The normalized spacial score (nSPS) is 10.8. The average molecular weight is 470 g/mol. The van der Waals surface area contributed by atoms with Gasteiger partial charge in [0.2, 0.25) is 0 Å². The number of thiazole rings is 1. The smallest absolute Gasteiger partial charge is 0.274 e. The predicted molar refractivity (Wildman–Crippen MR) is 127 cm³/mol. The number of nitrogens with zero attached hydrogens (tertiary/aromatic N) is 1. The van der Waals surface area contributed by atoms with E-state index in [1.54, 1.807) is 58.7 Å². The molecule has 158 valence electrons. The number of rotatable bonds is 9. The molecule has 0 atom stereocenters. The molecule has 0 unspecified atom stereocenters. The van der Waals surface area contributed by atoms with E-state index in [0.29, 0.717) is 11.3 Å². The average Bonchev–Trinajstić information content (AvgIpc) is 3.43. The van der Waals surface area contributed by atoms with Crippen molar-refractivity contribution in [2.75, 3.05) is 17.7 Å². The van der Waals surface area contributed by atoms with Crippen molar-refractivity contribution in [2.24, 2.45) is 0 Å². The zero-order valence-electron chi connectivity index (χ0n) is 16.4. The Bertz CT molecular complexity index is 1160. The Kier molecular flexibility index (Phi) is 7.31. The molecule has 9 heteroatoms. The van der Waals surface area contributed by atoms with E-state index in [-0.39, 0.29) is 12.5 Å². The third kappa shape index (κ3) is 6.14. The Morgan fingerprint density at radius 3 is 2.77 bits per heavy atom. The fourth-order valence-corrected chi connectivity index (χ4v) is 5.62. The van der Waals surface area contributed by atoms with Gasteiger partial charge in [0.15, 0.2) is 10.9 Å². The molecule has 2 heterocycles. The lowest BCUT2D eigenvalue weighted by Gasteiger charge is -2.07. The Hall–Kier alpha value is -2.72. The van der Waals surface area contributed by atoms with Gasteiger partial charge in [-0.15, -0.1) is 11.3 Å². The number of amides is 2. The van der Waals surface area contributed by atoms with E-state index in [9.17, 15) is 9.59 Å². The van der Waals surface area contributed by atoms with Gasteiger partial charge in [-0.05, 0) is 59.1 Å². The molecule has 0 saturated carbocycles. The standard InChI is InChI=1S/C22H19N3O3S3/c26-20(13-28-25-21(27)16-4-2-1-3-5-16)23-17-6-7-18-19(12-17)31-22(24-18)30-11-9-15-8-10-29-14-15/h1-8,10,12,14H,9,11,13H2,(H,23,26)(H,25,27). The third-order valence-electron chi connectivity index (χ3n) is 4.25. The number of carbonyl (C=O) groups excluding carboxylic acids is 2. The number of anilines is 1. The van der Waals surface area contributed by atoms with Gasteiger partial charge in [-0.1, -0.05) is 30.0 Å². The van der Waals surface area contributed by atoms with Crippen LogP contribution in [0.3, 0.4) is 0 Å². The summed E-state index contributed by atoms with van der Waals surface area (Å²) in [6.45, 7) is -0.289. The Morgan fingerprint density at radius 1 is 1.10 bits per heavy atom. The van der Waals surface area contributed by atoms with Gasteiger partial charge in [-0.2, -0.15) is 11.3 Å². The molecule has 31 heavy (non-hydrogen) atoms. The molecular formula is C22H19N3O3S3. The largest absolute Gasteiger partial charge is 0.324 e.